The predicted molar refractivity (Wildman–Crippen MR) is 123 cm³/mol. The molecule has 0 saturated heterocycles. The first-order valence-electron chi connectivity index (χ1n) is 10.5. The lowest BCUT2D eigenvalue weighted by Gasteiger charge is -2.43. The van der Waals surface area contributed by atoms with Gasteiger partial charge in [-0.25, -0.2) is 0 Å². The van der Waals surface area contributed by atoms with Crippen LogP contribution in [-0.4, -0.2) is 15.6 Å². The Labute approximate surface area is 194 Å². The number of benzene rings is 2. The number of hydrogen-bond acceptors (Lipinski definition) is 8. The van der Waals surface area contributed by atoms with Crippen LogP contribution < -0.4 is 10.6 Å². The number of hydrogen-bond donors (Lipinski definition) is 1. The molecule has 1 unspecified atom stereocenters. The van der Waals surface area contributed by atoms with Gasteiger partial charge in [-0.3, -0.25) is 29.9 Å². The lowest BCUT2D eigenvalue weighted by molar-refractivity contribution is -0.385. The molecule has 2 aromatic carbocycles. The molecule has 1 aliphatic heterocycles. The van der Waals surface area contributed by atoms with E-state index in [-0.39, 0.29) is 35.0 Å². The number of nitriles is 1. The van der Waals surface area contributed by atoms with Crippen LogP contribution in [0.5, 0.6) is 0 Å². The number of nitro groups is 2. The van der Waals surface area contributed by atoms with Crippen molar-refractivity contribution in [3.63, 3.8) is 0 Å². The third-order valence-corrected chi connectivity index (χ3v) is 6.09. The summed E-state index contributed by atoms with van der Waals surface area (Å²) in [5.74, 6) is -1.04. The first kappa shape index (κ1) is 22.7. The van der Waals surface area contributed by atoms with E-state index in [0.717, 1.165) is 0 Å². The lowest BCUT2D eigenvalue weighted by Crippen LogP contribution is -2.42. The third kappa shape index (κ3) is 3.77. The highest BCUT2D eigenvalue weighted by Crippen LogP contribution is 2.50. The summed E-state index contributed by atoms with van der Waals surface area (Å²) in [6.45, 7) is 3.87. The maximum Gasteiger partial charge on any atom is 0.271 e. The number of carbonyl (C=O) groups is 1. The monoisotopic (exact) mass is 459 g/mol. The molecule has 1 heterocycles. The van der Waals surface area contributed by atoms with Crippen molar-refractivity contribution in [2.75, 3.05) is 4.90 Å². The molecule has 0 bridgehead atoms. The number of nitro benzene ring substituents is 2. The van der Waals surface area contributed by atoms with E-state index in [4.69, 9.17) is 5.73 Å². The van der Waals surface area contributed by atoms with Gasteiger partial charge in [-0.1, -0.05) is 32.0 Å². The summed E-state index contributed by atoms with van der Waals surface area (Å²) in [4.78, 5) is 36.7. The number of rotatable bonds is 4. The Hall–Kier alpha value is -4.52. The highest BCUT2D eigenvalue weighted by molar-refractivity contribution is 6.01. The Morgan fingerprint density at radius 1 is 1.06 bits per heavy atom. The minimum absolute atomic E-state index is 0.0313. The zero-order chi connectivity index (χ0) is 24.8. The van der Waals surface area contributed by atoms with Crippen molar-refractivity contribution < 1.29 is 14.6 Å². The van der Waals surface area contributed by atoms with Crippen molar-refractivity contribution >= 4 is 22.8 Å². The summed E-state index contributed by atoms with van der Waals surface area (Å²) in [5, 5.41) is 32.8. The topological polar surface area (TPSA) is 156 Å². The Morgan fingerprint density at radius 2 is 1.68 bits per heavy atom. The largest absolute Gasteiger partial charge is 0.384 e. The molecule has 34 heavy (non-hydrogen) atoms. The van der Waals surface area contributed by atoms with Gasteiger partial charge in [0.25, 0.3) is 11.4 Å². The van der Waals surface area contributed by atoms with Gasteiger partial charge in [-0.05, 0) is 23.5 Å². The molecule has 0 saturated carbocycles. The van der Waals surface area contributed by atoms with Gasteiger partial charge < -0.3 is 5.73 Å². The Balaban J connectivity index is 2.01. The quantitative estimate of drug-likeness (QED) is 0.519. The molecule has 1 atom stereocenters. The van der Waals surface area contributed by atoms with Gasteiger partial charge in [0, 0.05) is 42.0 Å². The highest BCUT2D eigenvalue weighted by Gasteiger charge is 2.45. The van der Waals surface area contributed by atoms with Crippen LogP contribution in [0.1, 0.15) is 38.2 Å². The summed E-state index contributed by atoms with van der Waals surface area (Å²) in [7, 11) is 0. The molecule has 2 aromatic rings. The van der Waals surface area contributed by atoms with Crippen LogP contribution in [0.15, 0.2) is 71.2 Å². The van der Waals surface area contributed by atoms with Crippen LogP contribution in [0, 0.1) is 37.0 Å². The molecule has 0 radical (unpaired) electrons. The summed E-state index contributed by atoms with van der Waals surface area (Å²) in [6, 6.07) is 13.7. The maximum atomic E-state index is 13.5. The number of anilines is 1. The number of ketones is 1. The summed E-state index contributed by atoms with van der Waals surface area (Å²) >= 11 is 0. The number of nitrogens with two attached hydrogens (primary N) is 1. The van der Waals surface area contributed by atoms with Gasteiger partial charge in [-0.2, -0.15) is 5.26 Å². The molecule has 0 spiro atoms. The standard InChI is InChI=1S/C24H21N5O5/c1-24(2)11-19-22(20(30)12-24)21(14-5-3-7-16(9-14)28(31)32)18(13-25)23(26)27(19)15-6-4-8-17(10-15)29(33)34/h3-10,21H,11-12,26H2,1-2H3. The van der Waals surface area contributed by atoms with E-state index in [0.29, 0.717) is 28.9 Å². The Morgan fingerprint density at radius 3 is 2.29 bits per heavy atom. The van der Waals surface area contributed by atoms with E-state index in [9.17, 15) is 30.3 Å². The van der Waals surface area contributed by atoms with E-state index >= 15 is 0 Å². The zero-order valence-corrected chi connectivity index (χ0v) is 18.5. The smallest absolute Gasteiger partial charge is 0.271 e. The molecule has 0 aromatic heterocycles. The molecule has 2 aliphatic rings. The normalized spacial score (nSPS) is 19.5. The maximum absolute atomic E-state index is 13.5. The van der Waals surface area contributed by atoms with E-state index in [1.807, 2.05) is 13.8 Å². The van der Waals surface area contributed by atoms with E-state index in [1.165, 1.54) is 41.3 Å². The second-order valence-corrected chi connectivity index (χ2v) is 9.11. The average molecular weight is 459 g/mol. The zero-order valence-electron chi connectivity index (χ0n) is 18.5. The summed E-state index contributed by atoms with van der Waals surface area (Å²) in [5.41, 5.74) is 7.43. The summed E-state index contributed by atoms with van der Waals surface area (Å²) in [6.07, 6.45) is 0.639. The predicted octanol–water partition coefficient (Wildman–Crippen LogP) is 4.44. The fraction of sp³-hybridized carbons (Fsp3) is 0.250. The van der Waals surface area contributed by atoms with E-state index in [2.05, 4.69) is 6.07 Å². The lowest BCUT2D eigenvalue weighted by atomic mass is 9.68. The molecule has 0 fully saturated rings. The molecule has 172 valence electrons. The third-order valence-electron chi connectivity index (χ3n) is 6.09. The molecular weight excluding hydrogens is 438 g/mol. The van der Waals surface area contributed by atoms with Crippen molar-refractivity contribution in [3.05, 3.63) is 97.0 Å². The van der Waals surface area contributed by atoms with Crippen molar-refractivity contribution in [3.8, 4) is 6.07 Å². The van der Waals surface area contributed by atoms with Crippen molar-refractivity contribution in [2.45, 2.75) is 32.6 Å². The molecule has 2 N–H and O–H groups in total. The molecule has 4 rings (SSSR count). The van der Waals surface area contributed by atoms with Crippen LogP contribution in [0.25, 0.3) is 0 Å². The van der Waals surface area contributed by atoms with E-state index < -0.39 is 21.2 Å². The molecule has 0 amide bonds. The minimum atomic E-state index is -0.876. The second kappa shape index (κ2) is 8.12. The van der Waals surface area contributed by atoms with Gasteiger partial charge in [0.2, 0.25) is 0 Å². The Kier molecular flexibility index (Phi) is 5.41. The second-order valence-electron chi connectivity index (χ2n) is 9.11. The first-order chi connectivity index (χ1) is 16.0. The molecular formula is C24H21N5O5. The first-order valence-corrected chi connectivity index (χ1v) is 10.5. The SMILES string of the molecule is CC1(C)CC(=O)C2=C(C1)N(c1cccc([N+](=O)[O-])c1)C(N)=C(C#N)C2c1cccc([N+](=O)[O-])c1. The van der Waals surface area contributed by atoms with Crippen LogP contribution in [0.3, 0.4) is 0 Å². The fourth-order valence-corrected chi connectivity index (χ4v) is 4.70. The highest BCUT2D eigenvalue weighted by atomic mass is 16.6. The van der Waals surface area contributed by atoms with Gasteiger partial charge in [0.15, 0.2) is 5.78 Å². The van der Waals surface area contributed by atoms with E-state index in [1.54, 1.807) is 12.1 Å². The summed E-state index contributed by atoms with van der Waals surface area (Å²) < 4.78 is 0. The number of Topliss-reactive ketones (excluding diaryl/α,β-unsaturated/α-hetero) is 1. The molecule has 10 nitrogen and oxygen atoms in total. The van der Waals surface area contributed by atoms with Crippen molar-refractivity contribution in [1.29, 1.82) is 5.26 Å². The van der Waals surface area contributed by atoms with Gasteiger partial charge in [0.05, 0.1) is 33.1 Å². The van der Waals surface area contributed by atoms with Crippen molar-refractivity contribution in [2.24, 2.45) is 11.1 Å². The fourth-order valence-electron chi connectivity index (χ4n) is 4.70. The van der Waals surface area contributed by atoms with Gasteiger partial charge in [0.1, 0.15) is 5.82 Å². The number of non-ortho nitro benzene ring substituents is 2. The molecule has 10 heteroatoms. The average Bonchev–Trinajstić information content (AvgIpc) is 2.77. The van der Waals surface area contributed by atoms with Crippen molar-refractivity contribution in [1.82, 2.24) is 0 Å². The van der Waals surface area contributed by atoms with Gasteiger partial charge in [-0.15, -0.1) is 0 Å². The molecule has 1 aliphatic carbocycles. The van der Waals surface area contributed by atoms with Gasteiger partial charge >= 0.3 is 0 Å². The Bertz CT molecular complexity index is 1350. The number of nitrogens with zero attached hydrogens (tertiary/aromatic N) is 4. The van der Waals surface area contributed by atoms with Crippen LogP contribution in [0.2, 0.25) is 0 Å². The van der Waals surface area contributed by atoms with Crippen LogP contribution >= 0.6 is 0 Å². The number of allylic oxidation sites excluding steroid dienone is 3. The number of carbonyl (C=O) groups excluding carboxylic acids is 1. The van der Waals surface area contributed by atoms with Crippen LogP contribution in [0.4, 0.5) is 17.1 Å². The minimum Gasteiger partial charge on any atom is -0.384 e. The van der Waals surface area contributed by atoms with Crippen LogP contribution in [-0.2, 0) is 4.79 Å².